The predicted octanol–water partition coefficient (Wildman–Crippen LogP) is 1.86. The summed E-state index contributed by atoms with van der Waals surface area (Å²) in [5.41, 5.74) is 2.07. The summed E-state index contributed by atoms with van der Waals surface area (Å²) < 4.78 is 10.7. The van der Waals surface area contributed by atoms with Crippen molar-refractivity contribution in [3.8, 4) is 5.88 Å². The predicted molar refractivity (Wildman–Crippen MR) is 71.3 cm³/mol. The van der Waals surface area contributed by atoms with Crippen LogP contribution in [0.4, 0.5) is 0 Å². The third-order valence-electron chi connectivity index (χ3n) is 2.19. The van der Waals surface area contributed by atoms with Gasteiger partial charge in [-0.15, -0.1) is 0 Å². The van der Waals surface area contributed by atoms with Gasteiger partial charge in [-0.2, -0.15) is 0 Å². The molecule has 0 aliphatic rings. The monoisotopic (exact) mass is 245 g/mol. The van der Waals surface area contributed by atoms with E-state index in [1.54, 1.807) is 7.11 Å². The summed E-state index contributed by atoms with van der Waals surface area (Å²) in [6.07, 6.45) is 0. The first-order valence-corrected chi connectivity index (χ1v) is 6.22. The van der Waals surface area contributed by atoms with E-state index in [1.807, 2.05) is 49.3 Å². The van der Waals surface area contributed by atoms with Crippen molar-refractivity contribution >= 4 is 21.2 Å². The molecule has 0 amide bonds. The molecule has 2 heterocycles. The number of methoxy groups -OCH3 is 1. The van der Waals surface area contributed by atoms with Gasteiger partial charge in [-0.3, -0.25) is 0 Å². The Bertz CT molecular complexity index is 467. The summed E-state index contributed by atoms with van der Waals surface area (Å²) in [5, 5.41) is 0. The molecule has 0 aliphatic carbocycles. The summed E-state index contributed by atoms with van der Waals surface area (Å²) in [6.45, 7) is 2.65. The van der Waals surface area contributed by atoms with Gasteiger partial charge in [-0.05, 0) is 0 Å². The van der Waals surface area contributed by atoms with E-state index in [-0.39, 0.29) is 8.81 Å². The van der Waals surface area contributed by atoms with Gasteiger partial charge in [0.05, 0.1) is 0 Å². The summed E-state index contributed by atoms with van der Waals surface area (Å²) in [6, 6.07) is 11.7. The first-order valence-electron chi connectivity index (χ1n) is 5.31. The van der Waals surface area contributed by atoms with E-state index in [4.69, 9.17) is 9.26 Å². The van der Waals surface area contributed by atoms with Crippen molar-refractivity contribution in [1.29, 1.82) is 0 Å². The van der Waals surface area contributed by atoms with E-state index < -0.39 is 0 Å². The zero-order valence-corrected chi connectivity index (χ0v) is 10.6. The Morgan fingerprint density at radius 1 is 1.24 bits per heavy atom. The first-order chi connectivity index (χ1) is 8.38. The van der Waals surface area contributed by atoms with Crippen LogP contribution in [0.15, 0.2) is 42.4 Å². The topological polar surface area (TPSA) is 31.4 Å². The van der Waals surface area contributed by atoms with E-state index in [0.717, 1.165) is 5.44 Å². The van der Waals surface area contributed by atoms with Gasteiger partial charge in [-0.1, -0.05) is 0 Å². The van der Waals surface area contributed by atoms with Crippen LogP contribution in [-0.2, 0) is 11.1 Å². The van der Waals surface area contributed by atoms with Gasteiger partial charge < -0.3 is 0 Å². The molecule has 0 fully saturated rings. The van der Waals surface area contributed by atoms with Crippen molar-refractivity contribution in [2.75, 3.05) is 7.11 Å². The molecule has 2 aromatic rings. The van der Waals surface area contributed by atoms with Crippen LogP contribution in [0.5, 0.6) is 5.88 Å². The normalized spacial score (nSPS) is 10.6. The van der Waals surface area contributed by atoms with Crippen molar-refractivity contribution < 1.29 is 9.26 Å². The molecule has 2 aromatic heterocycles. The van der Waals surface area contributed by atoms with E-state index in [9.17, 15) is 0 Å². The van der Waals surface area contributed by atoms with E-state index in [0.29, 0.717) is 12.5 Å². The first kappa shape index (κ1) is 12.2. The van der Waals surface area contributed by atoms with Gasteiger partial charge in [0.1, 0.15) is 0 Å². The zero-order valence-electron chi connectivity index (χ0n) is 9.59. The maximum absolute atomic E-state index is 5.61. The van der Waals surface area contributed by atoms with Gasteiger partial charge in [0.25, 0.3) is 0 Å². The van der Waals surface area contributed by atoms with Gasteiger partial charge >= 0.3 is 103 Å². The number of hydrogen-bond acceptors (Lipinski definition) is 3. The van der Waals surface area contributed by atoms with Crippen LogP contribution in [0.1, 0.15) is 5.46 Å². The Morgan fingerprint density at radius 3 is 2.94 bits per heavy atom. The zero-order chi connectivity index (χ0) is 11.9. The Balaban J connectivity index is 1.86. The molecule has 3 nitrogen and oxygen atoms in total. The minimum absolute atomic E-state index is 0.238. The van der Waals surface area contributed by atoms with Crippen molar-refractivity contribution in [3.05, 3.63) is 47.8 Å². The summed E-state index contributed by atoms with van der Waals surface area (Å²) in [4.78, 5) is 4.29. The molecule has 86 valence electrons. The fourth-order valence-electron chi connectivity index (χ4n) is 1.35. The molecular weight excluding hydrogens is 232 g/mol. The molecule has 0 saturated heterocycles. The maximum atomic E-state index is 5.61. The van der Waals surface area contributed by atoms with Gasteiger partial charge in [0, 0.05) is 0 Å². The Hall–Kier alpha value is -1.25. The number of rotatable bonds is 5. The third kappa shape index (κ3) is 3.92. The average Bonchev–Trinajstić information content (AvgIpc) is 2.40. The van der Waals surface area contributed by atoms with Crippen molar-refractivity contribution in [1.82, 2.24) is 4.98 Å². The second-order valence-electron chi connectivity index (χ2n) is 3.44. The molecule has 0 spiro atoms. The summed E-state index contributed by atoms with van der Waals surface area (Å²) in [5.74, 6) is 2.63. The van der Waals surface area contributed by atoms with E-state index in [1.165, 1.54) is 5.46 Å². The number of aromatic nitrogens is 1. The Kier molecular flexibility index (Phi) is 4.66. The molecule has 1 unspecified atom stereocenters. The van der Waals surface area contributed by atoms with Gasteiger partial charge in [0.15, 0.2) is 0 Å². The molecule has 1 atom stereocenters. The molecule has 0 aromatic carbocycles. The molecule has 0 aliphatic heterocycles. The third-order valence-corrected chi connectivity index (χ3v) is 2.97. The van der Waals surface area contributed by atoms with Crippen LogP contribution >= 0.6 is 8.81 Å². The minimum atomic E-state index is 0.238. The second kappa shape index (κ2) is 6.48. The molecule has 17 heavy (non-hydrogen) atoms. The second-order valence-corrected chi connectivity index (χ2v) is 4.45. The quantitative estimate of drug-likeness (QED) is 0.753. The summed E-state index contributed by atoms with van der Waals surface area (Å²) in [7, 11) is 1.85. The number of nitrogens with zero attached hydrogens (tertiary/aromatic N) is 1. The van der Waals surface area contributed by atoms with Crippen LogP contribution in [0.25, 0.3) is 0 Å². The van der Waals surface area contributed by atoms with Crippen molar-refractivity contribution in [2.24, 2.45) is 0 Å². The number of ether oxygens (including phenoxy) is 1. The van der Waals surface area contributed by atoms with Crippen LogP contribution in [0.2, 0.25) is 0 Å². The number of hydrogen-bond donors (Lipinski definition) is 0. The SMILES string of the molecule is COc1cccc(POCc2bcccc2)n1. The Labute approximate surface area is 103 Å². The van der Waals surface area contributed by atoms with Crippen molar-refractivity contribution in [2.45, 2.75) is 6.61 Å². The fourth-order valence-corrected chi connectivity index (χ4v) is 2.06. The molecular formula is C12H13BNO2P. The molecule has 0 bridgehead atoms. The Morgan fingerprint density at radius 2 is 2.18 bits per heavy atom. The van der Waals surface area contributed by atoms with Gasteiger partial charge in [0.2, 0.25) is 0 Å². The number of pyridine rings is 1. The van der Waals surface area contributed by atoms with E-state index >= 15 is 0 Å². The fraction of sp³-hybridized carbons (Fsp3) is 0.167. The van der Waals surface area contributed by atoms with Crippen LogP contribution in [0.3, 0.4) is 0 Å². The van der Waals surface area contributed by atoms with Gasteiger partial charge in [-0.25, -0.2) is 0 Å². The average molecular weight is 245 g/mol. The molecule has 0 radical (unpaired) electrons. The summed E-state index contributed by atoms with van der Waals surface area (Å²) >= 11 is 0. The molecule has 0 saturated carbocycles. The molecule has 0 N–H and O–H groups in total. The van der Waals surface area contributed by atoms with Crippen LogP contribution < -0.4 is 10.2 Å². The van der Waals surface area contributed by atoms with Crippen LogP contribution in [0, 0.1) is 0 Å². The molecule has 5 heteroatoms. The van der Waals surface area contributed by atoms with Crippen molar-refractivity contribution in [3.63, 3.8) is 0 Å². The standard InChI is InChI=1S/C12H13BNO2P/c1-15-11-6-4-7-12(14-11)17-16-9-10-5-2-3-8-13-10/h2-8,17H,9H2,1H3. The van der Waals surface area contributed by atoms with Crippen LogP contribution in [-0.4, -0.2) is 19.0 Å². The van der Waals surface area contributed by atoms with E-state index in [2.05, 4.69) is 4.98 Å². The molecule has 2 rings (SSSR count).